The van der Waals surface area contributed by atoms with Gasteiger partial charge in [-0.05, 0) is 0 Å². The SMILES string of the molecule is C[N+](C)(C)CCOSP=O. The molecule has 0 saturated carbocycles. The maximum absolute atomic E-state index is 9.86. The number of hydrogen-bond donors (Lipinski definition) is 0. The molecule has 0 aliphatic rings. The third kappa shape index (κ3) is 8.37. The second kappa shape index (κ2) is 5.08. The predicted octanol–water partition coefficient (Wildman–Crippen LogP) is 1.56. The van der Waals surface area contributed by atoms with Crippen LogP contribution in [0.1, 0.15) is 0 Å². The second-order valence-corrected chi connectivity index (χ2v) is 4.41. The van der Waals surface area contributed by atoms with E-state index in [1.54, 1.807) is 0 Å². The average molecular weight is 182 g/mol. The molecule has 60 valence electrons. The van der Waals surface area contributed by atoms with Gasteiger partial charge in [0.25, 0.3) is 7.66 Å². The van der Waals surface area contributed by atoms with Gasteiger partial charge in [0.15, 0.2) is 0 Å². The standard InChI is InChI=1S/C5H13NO2PS/c1-6(2,3)4-5-8-10-9-7/h4-5H2,1-3H3/q+1. The maximum Gasteiger partial charge on any atom is 0.256 e. The number of hydrogen-bond acceptors (Lipinski definition) is 3. The zero-order chi connectivity index (χ0) is 8.04. The largest absolute Gasteiger partial charge is 0.329 e. The summed E-state index contributed by atoms with van der Waals surface area (Å²) < 4.78 is 15.7. The summed E-state index contributed by atoms with van der Waals surface area (Å²) in [7, 11) is 6.25. The Morgan fingerprint density at radius 2 is 2.10 bits per heavy atom. The molecule has 0 unspecified atom stereocenters. The molecule has 0 aromatic carbocycles. The molecule has 0 radical (unpaired) electrons. The normalized spacial score (nSPS) is 12.3. The van der Waals surface area contributed by atoms with Gasteiger partial charge in [-0.3, -0.25) is 8.75 Å². The van der Waals surface area contributed by atoms with Crippen LogP contribution in [0.2, 0.25) is 0 Å². The molecule has 0 saturated heterocycles. The summed E-state index contributed by atoms with van der Waals surface area (Å²) in [6.07, 6.45) is 0. The van der Waals surface area contributed by atoms with Crippen LogP contribution in [-0.2, 0) is 8.75 Å². The Morgan fingerprint density at radius 3 is 2.50 bits per heavy atom. The molecule has 0 aromatic heterocycles. The van der Waals surface area contributed by atoms with Crippen molar-refractivity contribution >= 4 is 19.3 Å². The first kappa shape index (κ1) is 10.4. The number of rotatable bonds is 5. The van der Waals surface area contributed by atoms with E-state index in [2.05, 4.69) is 21.1 Å². The maximum atomic E-state index is 9.86. The van der Waals surface area contributed by atoms with E-state index in [-0.39, 0.29) is 7.66 Å². The van der Waals surface area contributed by atoms with E-state index in [4.69, 9.17) is 4.18 Å². The summed E-state index contributed by atoms with van der Waals surface area (Å²) in [6.45, 7) is 1.58. The van der Waals surface area contributed by atoms with Crippen LogP contribution >= 0.6 is 19.3 Å². The molecule has 0 fully saturated rings. The number of quaternary nitrogens is 1. The summed E-state index contributed by atoms with van der Waals surface area (Å²) in [5.74, 6) is 0. The quantitative estimate of drug-likeness (QED) is 0.279. The van der Waals surface area contributed by atoms with Gasteiger partial charge in [-0.2, -0.15) is 0 Å². The van der Waals surface area contributed by atoms with Crippen LogP contribution in [0.25, 0.3) is 0 Å². The molecule has 0 atom stereocenters. The lowest BCUT2D eigenvalue weighted by Crippen LogP contribution is -2.37. The van der Waals surface area contributed by atoms with Gasteiger partial charge in [0, 0.05) is 0 Å². The van der Waals surface area contributed by atoms with Crippen molar-refractivity contribution in [3.8, 4) is 0 Å². The van der Waals surface area contributed by atoms with Crippen LogP contribution < -0.4 is 0 Å². The molecule has 0 aromatic rings. The molecular weight excluding hydrogens is 169 g/mol. The highest BCUT2D eigenvalue weighted by Gasteiger charge is 2.05. The van der Waals surface area contributed by atoms with Crippen molar-refractivity contribution in [3.05, 3.63) is 0 Å². The Morgan fingerprint density at radius 1 is 1.50 bits per heavy atom. The van der Waals surface area contributed by atoms with Crippen LogP contribution in [0.3, 0.4) is 0 Å². The van der Waals surface area contributed by atoms with E-state index in [0.717, 1.165) is 22.7 Å². The highest BCUT2D eigenvalue weighted by atomic mass is 32.7. The summed E-state index contributed by atoms with van der Waals surface area (Å²) in [4.78, 5) is 0. The molecular formula is C5H13NO2PS+. The van der Waals surface area contributed by atoms with Gasteiger partial charge in [0.1, 0.15) is 13.2 Å². The fourth-order valence-corrected chi connectivity index (χ4v) is 0.915. The lowest BCUT2D eigenvalue weighted by molar-refractivity contribution is -0.870. The lowest BCUT2D eigenvalue weighted by Gasteiger charge is -2.22. The zero-order valence-corrected chi connectivity index (χ0v) is 8.24. The minimum atomic E-state index is -0.0109. The minimum absolute atomic E-state index is 0.0109. The van der Waals surface area contributed by atoms with E-state index in [0.29, 0.717) is 6.61 Å². The Hall–Kier alpha value is 0.370. The van der Waals surface area contributed by atoms with Gasteiger partial charge in [-0.1, -0.05) is 0 Å². The van der Waals surface area contributed by atoms with Crippen molar-refractivity contribution in [1.82, 2.24) is 0 Å². The smallest absolute Gasteiger partial charge is 0.256 e. The molecule has 0 aliphatic heterocycles. The summed E-state index contributed by atoms with van der Waals surface area (Å²) >= 11 is 0.955. The second-order valence-electron chi connectivity index (χ2n) is 2.98. The first-order valence-electron chi connectivity index (χ1n) is 2.98. The molecule has 0 rings (SSSR count). The Balaban J connectivity index is 3.12. The first-order chi connectivity index (χ1) is 4.56. The molecule has 0 aliphatic carbocycles. The van der Waals surface area contributed by atoms with Crippen molar-refractivity contribution in [1.29, 1.82) is 0 Å². The van der Waals surface area contributed by atoms with Gasteiger partial charge in [0.2, 0.25) is 0 Å². The van der Waals surface area contributed by atoms with Crippen LogP contribution in [0.15, 0.2) is 0 Å². The van der Waals surface area contributed by atoms with Crippen molar-refractivity contribution in [2.75, 3.05) is 34.3 Å². The first-order valence-corrected chi connectivity index (χ1v) is 5.14. The van der Waals surface area contributed by atoms with E-state index in [1.165, 1.54) is 0 Å². The third-order valence-corrected chi connectivity index (χ3v) is 1.76. The molecule has 0 bridgehead atoms. The van der Waals surface area contributed by atoms with Crippen molar-refractivity contribution in [2.24, 2.45) is 0 Å². The summed E-state index contributed by atoms with van der Waals surface area (Å²) in [5, 5.41) is 0. The Labute approximate surface area is 67.5 Å². The third-order valence-electron chi connectivity index (χ3n) is 0.929. The lowest BCUT2D eigenvalue weighted by atomic mass is 10.5. The van der Waals surface area contributed by atoms with Gasteiger partial charge in [-0.25, -0.2) is 0 Å². The summed E-state index contributed by atoms with van der Waals surface area (Å²) in [6, 6.07) is 0. The van der Waals surface area contributed by atoms with Gasteiger partial charge in [0.05, 0.1) is 32.8 Å². The Kier molecular flexibility index (Phi) is 5.27. The molecule has 5 heteroatoms. The molecule has 0 heterocycles. The van der Waals surface area contributed by atoms with E-state index >= 15 is 0 Å². The van der Waals surface area contributed by atoms with Crippen LogP contribution in [-0.4, -0.2) is 38.8 Å². The van der Waals surface area contributed by atoms with E-state index < -0.39 is 0 Å². The van der Waals surface area contributed by atoms with Crippen molar-refractivity contribution in [2.45, 2.75) is 0 Å². The van der Waals surface area contributed by atoms with Gasteiger partial charge in [-0.15, -0.1) is 0 Å². The molecule has 0 spiro atoms. The van der Waals surface area contributed by atoms with Crippen molar-refractivity contribution < 1.29 is 13.2 Å². The monoisotopic (exact) mass is 182 g/mol. The highest BCUT2D eigenvalue weighted by Crippen LogP contribution is 2.17. The molecule has 0 amide bonds. The van der Waals surface area contributed by atoms with Crippen LogP contribution in [0, 0.1) is 0 Å². The van der Waals surface area contributed by atoms with Crippen LogP contribution in [0.5, 0.6) is 0 Å². The fraction of sp³-hybridized carbons (Fsp3) is 1.00. The van der Waals surface area contributed by atoms with Crippen LogP contribution in [0.4, 0.5) is 0 Å². The minimum Gasteiger partial charge on any atom is -0.329 e. The fourth-order valence-electron chi connectivity index (χ4n) is 0.370. The molecule has 3 nitrogen and oxygen atoms in total. The van der Waals surface area contributed by atoms with Crippen molar-refractivity contribution in [3.63, 3.8) is 0 Å². The average Bonchev–Trinajstić information content (AvgIpc) is 1.78. The topological polar surface area (TPSA) is 26.3 Å². The summed E-state index contributed by atoms with van der Waals surface area (Å²) in [5.41, 5.74) is 0. The zero-order valence-electron chi connectivity index (χ0n) is 6.53. The van der Waals surface area contributed by atoms with Gasteiger partial charge >= 0.3 is 0 Å². The van der Waals surface area contributed by atoms with Gasteiger partial charge < -0.3 is 4.48 Å². The number of likely N-dealkylation sites (N-methyl/N-ethyl adjacent to an activating group) is 1. The molecule has 10 heavy (non-hydrogen) atoms. The Bertz CT molecular complexity index is 104. The van der Waals surface area contributed by atoms with E-state index in [1.807, 2.05) is 0 Å². The predicted molar refractivity (Wildman–Crippen MR) is 44.0 cm³/mol. The van der Waals surface area contributed by atoms with E-state index in [9.17, 15) is 4.57 Å². The molecule has 0 N–H and O–H groups in total. The number of nitrogens with zero attached hydrogens (tertiary/aromatic N) is 1. The highest BCUT2D eigenvalue weighted by molar-refractivity contribution is 8.43.